The fraction of sp³-hybridized carbons (Fsp3) is 0.250. The van der Waals surface area contributed by atoms with Gasteiger partial charge in [0.25, 0.3) is 0 Å². The highest BCUT2D eigenvalue weighted by Crippen LogP contribution is 2.28. The first-order chi connectivity index (χ1) is 12.5. The molecule has 26 heavy (non-hydrogen) atoms. The smallest absolute Gasteiger partial charge is 0.313 e. The molecule has 0 aliphatic heterocycles. The lowest BCUT2D eigenvalue weighted by molar-refractivity contribution is -0.136. The minimum absolute atomic E-state index is 0.0512. The zero-order valence-electron chi connectivity index (χ0n) is 14.8. The number of hydrogen-bond donors (Lipinski definition) is 0. The van der Waals surface area contributed by atoms with E-state index in [0.29, 0.717) is 17.9 Å². The predicted octanol–water partition coefficient (Wildman–Crippen LogP) is 2.91. The molecule has 2 aromatic carbocycles. The van der Waals surface area contributed by atoms with Crippen LogP contribution in [-0.2, 0) is 16.1 Å². The van der Waals surface area contributed by atoms with Gasteiger partial charge in [-0.15, -0.1) is 0 Å². The van der Waals surface area contributed by atoms with Gasteiger partial charge in [-0.25, -0.2) is 0 Å². The van der Waals surface area contributed by atoms with Crippen molar-refractivity contribution in [2.75, 3.05) is 13.7 Å². The van der Waals surface area contributed by atoms with Gasteiger partial charge < -0.3 is 14.4 Å². The number of esters is 1. The van der Waals surface area contributed by atoms with Crippen molar-refractivity contribution in [3.05, 3.63) is 59.7 Å². The van der Waals surface area contributed by atoms with E-state index in [9.17, 15) is 9.59 Å². The monoisotopic (exact) mass is 352 g/mol. The van der Waals surface area contributed by atoms with Crippen LogP contribution in [0.25, 0.3) is 0 Å². The van der Waals surface area contributed by atoms with Crippen LogP contribution in [0.3, 0.4) is 0 Å². The van der Waals surface area contributed by atoms with Crippen LogP contribution in [0.5, 0.6) is 11.5 Å². The molecule has 2 aromatic rings. The van der Waals surface area contributed by atoms with Crippen molar-refractivity contribution in [3.8, 4) is 17.6 Å². The van der Waals surface area contributed by atoms with Gasteiger partial charge in [-0.05, 0) is 17.7 Å². The van der Waals surface area contributed by atoms with E-state index in [2.05, 4.69) is 0 Å². The van der Waals surface area contributed by atoms with Crippen LogP contribution in [0.15, 0.2) is 48.5 Å². The Hall–Kier alpha value is -3.33. The maximum Gasteiger partial charge on any atom is 0.313 e. The molecule has 0 N–H and O–H groups in total. The Bertz CT molecular complexity index is 812. The number of methoxy groups -OCH3 is 1. The molecule has 2 rings (SSSR count). The van der Waals surface area contributed by atoms with E-state index >= 15 is 0 Å². The molecule has 0 bridgehead atoms. The van der Waals surface area contributed by atoms with Crippen LogP contribution >= 0.6 is 0 Å². The molecule has 0 fully saturated rings. The Balaban J connectivity index is 1.96. The lowest BCUT2D eigenvalue weighted by atomic mass is 10.2. The second-order valence-electron chi connectivity index (χ2n) is 5.63. The molecule has 0 heterocycles. The molecule has 0 spiro atoms. The van der Waals surface area contributed by atoms with E-state index in [-0.39, 0.29) is 24.6 Å². The Labute approximate surface area is 152 Å². The van der Waals surface area contributed by atoms with Crippen LogP contribution in [0, 0.1) is 11.3 Å². The van der Waals surface area contributed by atoms with Crippen molar-refractivity contribution in [3.63, 3.8) is 0 Å². The summed E-state index contributed by atoms with van der Waals surface area (Å²) in [5.41, 5.74) is 1.40. The molecule has 0 saturated heterocycles. The van der Waals surface area contributed by atoms with Gasteiger partial charge in [-0.1, -0.05) is 30.3 Å². The zero-order chi connectivity index (χ0) is 18.9. The maximum atomic E-state index is 12.1. The number of rotatable bonds is 7. The van der Waals surface area contributed by atoms with E-state index in [4.69, 9.17) is 14.7 Å². The molecule has 0 radical (unpaired) electrons. The second kappa shape index (κ2) is 9.23. The molecule has 0 unspecified atom stereocenters. The van der Waals surface area contributed by atoms with Gasteiger partial charge in [0.05, 0.1) is 25.2 Å². The number of nitriles is 1. The summed E-state index contributed by atoms with van der Waals surface area (Å²) in [6, 6.07) is 16.1. The summed E-state index contributed by atoms with van der Waals surface area (Å²) in [6.45, 7) is 2.16. The normalized spacial score (nSPS) is 9.88. The summed E-state index contributed by atoms with van der Waals surface area (Å²) in [4.78, 5) is 25.5. The molecular formula is C20H20N2O4. The Kier molecular flexibility index (Phi) is 6.75. The Morgan fingerprint density at radius 1 is 1.12 bits per heavy atom. The van der Waals surface area contributed by atoms with Crippen molar-refractivity contribution in [1.82, 2.24) is 4.90 Å². The van der Waals surface area contributed by atoms with Gasteiger partial charge in [-0.2, -0.15) is 5.26 Å². The minimum atomic E-state index is -0.479. The fourth-order valence-corrected chi connectivity index (χ4v) is 2.37. The van der Waals surface area contributed by atoms with Crippen molar-refractivity contribution in [2.24, 2.45) is 0 Å². The first-order valence-electron chi connectivity index (χ1n) is 8.11. The van der Waals surface area contributed by atoms with Gasteiger partial charge in [0.15, 0.2) is 11.5 Å². The van der Waals surface area contributed by atoms with Crippen LogP contribution in [0.2, 0.25) is 0 Å². The summed E-state index contributed by atoms with van der Waals surface area (Å²) in [6.07, 6.45) is 0.0512. The van der Waals surface area contributed by atoms with Crippen molar-refractivity contribution < 1.29 is 19.1 Å². The third kappa shape index (κ3) is 5.35. The summed E-state index contributed by atoms with van der Waals surface area (Å²) < 4.78 is 10.4. The third-order valence-corrected chi connectivity index (χ3v) is 3.76. The molecule has 0 aliphatic rings. The van der Waals surface area contributed by atoms with Crippen molar-refractivity contribution >= 4 is 11.9 Å². The molecule has 0 aliphatic carbocycles. The predicted molar refractivity (Wildman–Crippen MR) is 95.5 cm³/mol. The minimum Gasteiger partial charge on any atom is -0.493 e. The lowest BCUT2D eigenvalue weighted by Crippen LogP contribution is -2.31. The van der Waals surface area contributed by atoms with Gasteiger partial charge in [0.2, 0.25) is 5.91 Å². The first-order valence-corrected chi connectivity index (χ1v) is 8.11. The molecule has 6 nitrogen and oxygen atoms in total. The summed E-state index contributed by atoms with van der Waals surface area (Å²) in [5.74, 6) is -0.0380. The fourth-order valence-electron chi connectivity index (χ4n) is 2.37. The second-order valence-corrected chi connectivity index (χ2v) is 5.63. The molecule has 1 amide bonds. The van der Waals surface area contributed by atoms with E-state index in [1.165, 1.54) is 26.2 Å². The van der Waals surface area contributed by atoms with Crippen molar-refractivity contribution in [1.29, 1.82) is 5.26 Å². The van der Waals surface area contributed by atoms with E-state index in [1.807, 2.05) is 36.4 Å². The average Bonchev–Trinajstić information content (AvgIpc) is 2.66. The third-order valence-electron chi connectivity index (χ3n) is 3.76. The van der Waals surface area contributed by atoms with Gasteiger partial charge >= 0.3 is 5.97 Å². The molecule has 0 atom stereocenters. The standard InChI is InChI=1S/C20H20N2O4/c1-15(23)22(14-16-6-4-3-5-7-16)11-10-20(24)26-18-9-8-17(13-21)12-19(18)25-2/h3-9,12H,10-11,14H2,1-2H3. The van der Waals surface area contributed by atoms with Crippen molar-refractivity contribution in [2.45, 2.75) is 19.9 Å². The van der Waals surface area contributed by atoms with Crippen LogP contribution in [0.1, 0.15) is 24.5 Å². The van der Waals surface area contributed by atoms with Crippen LogP contribution in [0.4, 0.5) is 0 Å². The Morgan fingerprint density at radius 2 is 1.85 bits per heavy atom. The molecule has 134 valence electrons. The maximum absolute atomic E-state index is 12.1. The SMILES string of the molecule is COc1cc(C#N)ccc1OC(=O)CCN(Cc1ccccc1)C(C)=O. The largest absolute Gasteiger partial charge is 0.493 e. The van der Waals surface area contributed by atoms with Crippen LogP contribution in [-0.4, -0.2) is 30.4 Å². The Morgan fingerprint density at radius 3 is 2.46 bits per heavy atom. The van der Waals surface area contributed by atoms with Gasteiger partial charge in [0.1, 0.15) is 0 Å². The topological polar surface area (TPSA) is 79.6 Å². The molecule has 0 saturated carbocycles. The number of carbonyl (C=O) groups is 2. The zero-order valence-corrected chi connectivity index (χ0v) is 14.8. The van der Waals surface area contributed by atoms with Gasteiger partial charge in [0, 0.05) is 26.1 Å². The lowest BCUT2D eigenvalue weighted by Gasteiger charge is -2.20. The number of nitrogens with zero attached hydrogens (tertiary/aromatic N) is 2. The number of amides is 1. The van der Waals surface area contributed by atoms with E-state index in [1.54, 1.807) is 11.0 Å². The van der Waals surface area contributed by atoms with E-state index < -0.39 is 5.97 Å². The average molecular weight is 352 g/mol. The molecular weight excluding hydrogens is 332 g/mol. The number of benzene rings is 2. The van der Waals surface area contributed by atoms with Gasteiger partial charge in [-0.3, -0.25) is 9.59 Å². The summed E-state index contributed by atoms with van der Waals surface area (Å²) in [5, 5.41) is 8.90. The van der Waals surface area contributed by atoms with Crippen LogP contribution < -0.4 is 9.47 Å². The highest BCUT2D eigenvalue weighted by molar-refractivity contribution is 5.76. The highest BCUT2D eigenvalue weighted by Gasteiger charge is 2.15. The number of ether oxygens (including phenoxy) is 2. The summed E-state index contributed by atoms with van der Waals surface area (Å²) in [7, 11) is 1.44. The highest BCUT2D eigenvalue weighted by atomic mass is 16.6. The van der Waals surface area contributed by atoms with E-state index in [0.717, 1.165) is 5.56 Å². The quantitative estimate of drug-likeness (QED) is 0.565. The number of hydrogen-bond acceptors (Lipinski definition) is 5. The number of carbonyl (C=O) groups excluding carboxylic acids is 2. The molecule has 6 heteroatoms. The summed E-state index contributed by atoms with van der Waals surface area (Å²) >= 11 is 0. The first kappa shape index (κ1) is 19.0. The molecule has 0 aromatic heterocycles.